The van der Waals surface area contributed by atoms with Gasteiger partial charge in [0.25, 0.3) is 5.91 Å². The maximum absolute atomic E-state index is 12.9. The molecule has 2 aliphatic rings. The zero-order valence-corrected chi connectivity index (χ0v) is 21.5. The molecule has 0 saturated carbocycles. The molecule has 0 spiro atoms. The van der Waals surface area contributed by atoms with Gasteiger partial charge >= 0.3 is 0 Å². The molecule has 1 aromatic heterocycles. The lowest BCUT2D eigenvalue weighted by Crippen LogP contribution is -2.41. The van der Waals surface area contributed by atoms with Crippen molar-refractivity contribution in [1.29, 1.82) is 0 Å². The highest BCUT2D eigenvalue weighted by molar-refractivity contribution is 7.12. The topological polar surface area (TPSA) is 32.8 Å². The van der Waals surface area contributed by atoms with E-state index < -0.39 is 0 Å². The summed E-state index contributed by atoms with van der Waals surface area (Å²) >= 11 is 1.55. The van der Waals surface area contributed by atoms with Crippen LogP contribution in [0.25, 0.3) is 0 Å². The van der Waals surface area contributed by atoms with E-state index in [9.17, 15) is 4.79 Å². The van der Waals surface area contributed by atoms with Crippen LogP contribution in [0.4, 0.5) is 0 Å². The zero-order chi connectivity index (χ0) is 24.0. The SMILES string of the molecule is Cc1ccsc1C(=O)N1CCC[C@@H](COc2ccc(CN3CCC(c4ccccc4)CC3)cc2)C1. The Morgan fingerprint density at radius 1 is 0.971 bits per heavy atom. The monoisotopic (exact) mass is 488 g/mol. The number of benzene rings is 2. The van der Waals surface area contributed by atoms with Crippen LogP contribution in [0.15, 0.2) is 66.0 Å². The van der Waals surface area contributed by atoms with Gasteiger partial charge in [-0.15, -0.1) is 11.3 Å². The van der Waals surface area contributed by atoms with E-state index in [1.54, 1.807) is 11.3 Å². The maximum Gasteiger partial charge on any atom is 0.264 e. The van der Waals surface area contributed by atoms with Gasteiger partial charge in [-0.2, -0.15) is 0 Å². The molecule has 0 unspecified atom stereocenters. The van der Waals surface area contributed by atoms with Crippen LogP contribution in [0.5, 0.6) is 5.75 Å². The lowest BCUT2D eigenvalue weighted by atomic mass is 9.89. The number of piperidine rings is 2. The van der Waals surface area contributed by atoms with Crippen LogP contribution >= 0.6 is 11.3 Å². The number of amides is 1. The van der Waals surface area contributed by atoms with Crippen molar-refractivity contribution in [2.75, 3.05) is 32.8 Å². The van der Waals surface area contributed by atoms with Crippen LogP contribution in [-0.2, 0) is 6.54 Å². The lowest BCUT2D eigenvalue weighted by Gasteiger charge is -2.32. The molecule has 2 saturated heterocycles. The largest absolute Gasteiger partial charge is 0.493 e. The molecule has 0 bridgehead atoms. The van der Waals surface area contributed by atoms with Gasteiger partial charge in [0.15, 0.2) is 0 Å². The summed E-state index contributed by atoms with van der Waals surface area (Å²) in [5.41, 5.74) is 3.91. The summed E-state index contributed by atoms with van der Waals surface area (Å²) in [5.74, 6) is 2.19. The summed E-state index contributed by atoms with van der Waals surface area (Å²) in [6.45, 7) is 7.63. The minimum absolute atomic E-state index is 0.180. The molecule has 35 heavy (non-hydrogen) atoms. The first-order valence-corrected chi connectivity index (χ1v) is 13.9. The molecule has 1 amide bonds. The van der Waals surface area contributed by atoms with Crippen molar-refractivity contribution in [2.45, 2.75) is 45.1 Å². The van der Waals surface area contributed by atoms with Crippen molar-refractivity contribution in [3.63, 3.8) is 0 Å². The molecular weight excluding hydrogens is 452 g/mol. The number of hydrogen-bond acceptors (Lipinski definition) is 4. The van der Waals surface area contributed by atoms with Gasteiger partial charge in [-0.05, 0) is 91.9 Å². The van der Waals surface area contributed by atoms with Crippen LogP contribution in [0.3, 0.4) is 0 Å². The van der Waals surface area contributed by atoms with Gasteiger partial charge in [0.1, 0.15) is 5.75 Å². The number of carbonyl (C=O) groups excluding carboxylic acids is 1. The van der Waals surface area contributed by atoms with Crippen LogP contribution < -0.4 is 4.74 Å². The standard InChI is InChI=1S/C30H36N2O2S/c1-23-15-19-35-29(23)30(33)32-16-5-6-25(21-32)22-34-28-11-9-24(10-12-28)20-31-17-13-27(14-18-31)26-7-3-2-4-8-26/h2-4,7-12,15,19,25,27H,5-6,13-14,16-18,20-22H2,1H3/t25-/m1/s1. The van der Waals surface area contributed by atoms with Crippen molar-refractivity contribution in [3.8, 4) is 5.75 Å². The fourth-order valence-electron chi connectivity index (χ4n) is 5.43. The molecule has 2 aliphatic heterocycles. The van der Waals surface area contributed by atoms with Crippen molar-refractivity contribution in [3.05, 3.63) is 87.6 Å². The molecule has 2 fully saturated rings. The molecule has 1 atom stereocenters. The van der Waals surface area contributed by atoms with Crippen molar-refractivity contribution < 1.29 is 9.53 Å². The molecule has 184 valence electrons. The predicted octanol–water partition coefficient (Wildman–Crippen LogP) is 6.37. The average molecular weight is 489 g/mol. The molecule has 2 aromatic carbocycles. The second-order valence-electron chi connectivity index (χ2n) is 10.1. The van der Waals surface area contributed by atoms with Gasteiger partial charge in [0.2, 0.25) is 0 Å². The molecule has 4 nitrogen and oxygen atoms in total. The number of hydrogen-bond donors (Lipinski definition) is 0. The summed E-state index contributed by atoms with van der Waals surface area (Å²) in [5, 5.41) is 2.00. The number of nitrogens with zero attached hydrogens (tertiary/aromatic N) is 2. The summed E-state index contributed by atoms with van der Waals surface area (Å²) in [6, 6.07) is 21.6. The first-order chi connectivity index (χ1) is 17.2. The predicted molar refractivity (Wildman–Crippen MR) is 143 cm³/mol. The zero-order valence-electron chi connectivity index (χ0n) is 20.7. The highest BCUT2D eigenvalue weighted by Crippen LogP contribution is 2.29. The van der Waals surface area contributed by atoms with Gasteiger partial charge in [-0.25, -0.2) is 0 Å². The highest BCUT2D eigenvalue weighted by Gasteiger charge is 2.26. The summed E-state index contributed by atoms with van der Waals surface area (Å²) in [4.78, 5) is 18.3. The molecule has 0 N–H and O–H groups in total. The second-order valence-corrected chi connectivity index (χ2v) is 11.0. The number of ether oxygens (including phenoxy) is 1. The maximum atomic E-state index is 12.9. The number of likely N-dealkylation sites (tertiary alicyclic amines) is 2. The Bertz CT molecular complexity index is 1090. The van der Waals surface area contributed by atoms with Gasteiger partial charge < -0.3 is 9.64 Å². The minimum atomic E-state index is 0.180. The average Bonchev–Trinajstić information content (AvgIpc) is 3.35. The van der Waals surface area contributed by atoms with Crippen LogP contribution in [-0.4, -0.2) is 48.5 Å². The molecule has 5 rings (SSSR count). The van der Waals surface area contributed by atoms with Gasteiger partial charge in [-0.1, -0.05) is 42.5 Å². The number of thiophene rings is 1. The van der Waals surface area contributed by atoms with E-state index in [0.717, 1.165) is 61.8 Å². The normalized spacial score (nSPS) is 19.6. The van der Waals surface area contributed by atoms with E-state index in [-0.39, 0.29) is 5.91 Å². The van der Waals surface area contributed by atoms with Gasteiger partial charge in [0, 0.05) is 25.6 Å². The summed E-state index contributed by atoms with van der Waals surface area (Å²) < 4.78 is 6.15. The fraction of sp³-hybridized carbons (Fsp3) is 0.433. The molecule has 0 radical (unpaired) electrons. The van der Waals surface area contributed by atoms with Crippen LogP contribution in [0, 0.1) is 12.8 Å². The van der Waals surface area contributed by atoms with E-state index in [1.807, 2.05) is 23.3 Å². The smallest absolute Gasteiger partial charge is 0.264 e. The van der Waals surface area contributed by atoms with Crippen molar-refractivity contribution in [2.24, 2.45) is 5.92 Å². The highest BCUT2D eigenvalue weighted by atomic mass is 32.1. The Hall–Kier alpha value is -2.63. The third-order valence-electron chi connectivity index (χ3n) is 7.54. The summed E-state index contributed by atoms with van der Waals surface area (Å²) in [6.07, 6.45) is 4.63. The fourth-order valence-corrected chi connectivity index (χ4v) is 6.33. The second kappa shape index (κ2) is 11.4. The molecule has 5 heteroatoms. The molecule has 0 aliphatic carbocycles. The van der Waals surface area contributed by atoms with Crippen molar-refractivity contribution >= 4 is 17.2 Å². The van der Waals surface area contributed by atoms with Crippen LogP contribution in [0.2, 0.25) is 0 Å². The first-order valence-electron chi connectivity index (χ1n) is 13.0. The van der Waals surface area contributed by atoms with Crippen LogP contribution in [0.1, 0.15) is 58.0 Å². The van der Waals surface area contributed by atoms with E-state index in [2.05, 4.69) is 59.5 Å². The molecule has 3 heterocycles. The third kappa shape index (κ3) is 6.14. The Morgan fingerprint density at radius 3 is 2.46 bits per heavy atom. The van der Waals surface area contributed by atoms with E-state index in [4.69, 9.17) is 4.74 Å². The number of carbonyl (C=O) groups is 1. The van der Waals surface area contributed by atoms with E-state index in [1.165, 1.54) is 24.0 Å². The van der Waals surface area contributed by atoms with Gasteiger partial charge in [0.05, 0.1) is 11.5 Å². The van der Waals surface area contributed by atoms with Gasteiger partial charge in [-0.3, -0.25) is 9.69 Å². The molecule has 3 aromatic rings. The Morgan fingerprint density at radius 2 is 1.74 bits per heavy atom. The molecular formula is C30H36N2O2S. The van der Waals surface area contributed by atoms with E-state index in [0.29, 0.717) is 18.4 Å². The van der Waals surface area contributed by atoms with Crippen molar-refractivity contribution in [1.82, 2.24) is 9.80 Å². The third-order valence-corrected chi connectivity index (χ3v) is 8.54. The quantitative estimate of drug-likeness (QED) is 0.388. The Kier molecular flexibility index (Phi) is 7.85. The minimum Gasteiger partial charge on any atom is -0.493 e. The number of aryl methyl sites for hydroxylation is 1. The summed E-state index contributed by atoms with van der Waals surface area (Å²) in [7, 11) is 0. The first kappa shape index (κ1) is 24.1. The van der Waals surface area contributed by atoms with E-state index >= 15 is 0 Å². The Balaban J connectivity index is 1.07. The lowest BCUT2D eigenvalue weighted by molar-refractivity contribution is 0.0637. The Labute approximate surface area is 213 Å². The number of rotatable bonds is 7.